The van der Waals surface area contributed by atoms with E-state index in [9.17, 15) is 14.9 Å². The minimum Gasteiger partial charge on any atom is -0.462 e. The molecule has 2 heterocycles. The molecule has 0 aromatic carbocycles. The van der Waals surface area contributed by atoms with Gasteiger partial charge in [-0.25, -0.2) is 9.78 Å². The smallest absolute Gasteiger partial charge is 0.340 e. The van der Waals surface area contributed by atoms with Gasteiger partial charge >= 0.3 is 5.97 Å². The van der Waals surface area contributed by atoms with E-state index in [1.54, 1.807) is 32.2 Å². The summed E-state index contributed by atoms with van der Waals surface area (Å²) in [6.07, 6.45) is 0. The maximum atomic E-state index is 12.4. The van der Waals surface area contributed by atoms with Gasteiger partial charge in [0.1, 0.15) is 22.2 Å². The summed E-state index contributed by atoms with van der Waals surface area (Å²) in [7, 11) is 0. The molecular weight excluding hydrogens is 384 g/mol. The lowest BCUT2D eigenvalue weighted by molar-refractivity contribution is -0.115. The summed E-state index contributed by atoms with van der Waals surface area (Å²) in [6, 6.07) is 7.08. The zero-order valence-corrected chi connectivity index (χ0v) is 16.5. The molecule has 1 amide bonds. The van der Waals surface area contributed by atoms with Gasteiger partial charge in [-0.05, 0) is 38.3 Å². The largest absolute Gasteiger partial charge is 0.462 e. The number of amides is 1. The quantitative estimate of drug-likeness (QED) is 0.583. The van der Waals surface area contributed by atoms with Crippen LogP contribution in [0.4, 0.5) is 5.00 Å². The third kappa shape index (κ3) is 4.85. The maximum absolute atomic E-state index is 12.4. The SMILES string of the molecule is CCOC(=O)c1cc(C#N)c(S[C@H](C)C(=O)Nc2sccc2C#N)nc1C. The lowest BCUT2D eigenvalue weighted by Crippen LogP contribution is -2.22. The molecule has 7 nitrogen and oxygen atoms in total. The Morgan fingerprint density at radius 2 is 2.07 bits per heavy atom. The molecule has 2 aromatic heterocycles. The van der Waals surface area contributed by atoms with E-state index < -0.39 is 11.2 Å². The van der Waals surface area contributed by atoms with Gasteiger partial charge in [-0.3, -0.25) is 4.79 Å². The standard InChI is InChI=1S/C18H16N4O3S2/c1-4-25-18(24)14-7-13(9-20)17(21-10(14)2)27-11(3)15(23)22-16-12(8-19)5-6-26-16/h5-7,11H,4H2,1-3H3,(H,22,23)/t11-/m1/s1. The van der Waals surface area contributed by atoms with Gasteiger partial charge in [0.05, 0.1) is 34.2 Å². The number of aryl methyl sites for hydroxylation is 1. The van der Waals surface area contributed by atoms with Crippen LogP contribution in [0.15, 0.2) is 22.5 Å². The van der Waals surface area contributed by atoms with Gasteiger partial charge in [0.2, 0.25) is 5.91 Å². The summed E-state index contributed by atoms with van der Waals surface area (Å²) < 4.78 is 4.96. The zero-order chi connectivity index (χ0) is 20.0. The summed E-state index contributed by atoms with van der Waals surface area (Å²) in [5.41, 5.74) is 1.25. The molecule has 0 spiro atoms. The summed E-state index contributed by atoms with van der Waals surface area (Å²) in [5.74, 6) is -0.847. The van der Waals surface area contributed by atoms with E-state index in [0.717, 1.165) is 11.8 Å². The fraction of sp³-hybridized carbons (Fsp3) is 0.278. The van der Waals surface area contributed by atoms with Gasteiger partial charge in [0.25, 0.3) is 0 Å². The number of carbonyl (C=O) groups is 2. The van der Waals surface area contributed by atoms with Crippen LogP contribution in [0.3, 0.4) is 0 Å². The summed E-state index contributed by atoms with van der Waals surface area (Å²) >= 11 is 2.37. The molecule has 1 atom stereocenters. The number of nitrogens with one attached hydrogen (secondary N) is 1. The summed E-state index contributed by atoms with van der Waals surface area (Å²) in [5, 5.41) is 23.1. The van der Waals surface area contributed by atoms with E-state index in [0.29, 0.717) is 21.3 Å². The van der Waals surface area contributed by atoms with E-state index in [1.807, 2.05) is 12.1 Å². The van der Waals surface area contributed by atoms with Crippen LogP contribution in [0.1, 0.15) is 41.0 Å². The van der Waals surface area contributed by atoms with Gasteiger partial charge in [0.15, 0.2) is 0 Å². The highest BCUT2D eigenvalue weighted by atomic mass is 32.2. The highest BCUT2D eigenvalue weighted by Crippen LogP contribution is 2.29. The molecule has 9 heteroatoms. The Morgan fingerprint density at radius 1 is 1.37 bits per heavy atom. The van der Waals surface area contributed by atoms with Gasteiger partial charge < -0.3 is 10.1 Å². The molecule has 0 unspecified atom stereocenters. The first-order chi connectivity index (χ1) is 12.9. The van der Waals surface area contributed by atoms with Crippen LogP contribution < -0.4 is 5.32 Å². The first-order valence-corrected chi connectivity index (χ1v) is 9.71. The molecule has 0 saturated heterocycles. The lowest BCUT2D eigenvalue weighted by Gasteiger charge is -2.13. The number of carbonyl (C=O) groups excluding carboxylic acids is 2. The molecular formula is C18H16N4O3S2. The first-order valence-electron chi connectivity index (χ1n) is 7.95. The molecule has 0 aliphatic carbocycles. The normalized spacial score (nSPS) is 11.1. The molecule has 0 bridgehead atoms. The molecule has 2 aromatic rings. The minimum atomic E-state index is -0.564. The number of hydrogen-bond acceptors (Lipinski definition) is 8. The van der Waals surface area contributed by atoms with E-state index >= 15 is 0 Å². The number of nitrogens with zero attached hydrogens (tertiary/aromatic N) is 3. The van der Waals surface area contributed by atoms with Crippen molar-refractivity contribution in [3.05, 3.63) is 39.9 Å². The number of nitriles is 2. The Labute approximate surface area is 165 Å². The van der Waals surface area contributed by atoms with Crippen molar-refractivity contribution in [2.45, 2.75) is 31.0 Å². The number of anilines is 1. The lowest BCUT2D eigenvalue weighted by atomic mass is 10.1. The van der Waals surface area contributed by atoms with Gasteiger partial charge in [-0.15, -0.1) is 11.3 Å². The number of ether oxygens (including phenoxy) is 1. The second-order valence-electron chi connectivity index (χ2n) is 5.33. The highest BCUT2D eigenvalue weighted by Gasteiger charge is 2.21. The molecule has 0 radical (unpaired) electrons. The third-order valence-corrected chi connectivity index (χ3v) is 5.41. The predicted molar refractivity (Wildman–Crippen MR) is 103 cm³/mol. The topological polar surface area (TPSA) is 116 Å². The van der Waals surface area contributed by atoms with Crippen LogP contribution in [-0.2, 0) is 9.53 Å². The minimum absolute atomic E-state index is 0.196. The molecule has 0 aliphatic heterocycles. The molecule has 1 N–H and O–H groups in total. The van der Waals surface area contributed by atoms with Crippen molar-refractivity contribution >= 4 is 40.0 Å². The maximum Gasteiger partial charge on any atom is 0.340 e. The number of hydrogen-bond donors (Lipinski definition) is 1. The molecule has 0 fully saturated rings. The second kappa shape index (κ2) is 9.17. The number of pyridine rings is 1. The Hall–Kier alpha value is -2.88. The Bertz CT molecular complexity index is 956. The van der Waals surface area contributed by atoms with Gasteiger partial charge in [-0.2, -0.15) is 10.5 Å². The van der Waals surface area contributed by atoms with E-state index in [2.05, 4.69) is 10.3 Å². The average Bonchev–Trinajstić information content (AvgIpc) is 3.09. The van der Waals surface area contributed by atoms with Crippen LogP contribution in [0.2, 0.25) is 0 Å². The second-order valence-corrected chi connectivity index (χ2v) is 7.58. The Kier molecular flexibility index (Phi) is 6.94. The Morgan fingerprint density at radius 3 is 2.70 bits per heavy atom. The zero-order valence-electron chi connectivity index (χ0n) is 14.9. The monoisotopic (exact) mass is 400 g/mol. The molecule has 27 heavy (non-hydrogen) atoms. The van der Waals surface area contributed by atoms with Crippen molar-refractivity contribution in [2.75, 3.05) is 11.9 Å². The highest BCUT2D eigenvalue weighted by molar-refractivity contribution is 8.00. The molecule has 2 rings (SSSR count). The van der Waals surface area contributed by atoms with Crippen molar-refractivity contribution in [2.24, 2.45) is 0 Å². The van der Waals surface area contributed by atoms with Crippen LogP contribution in [0, 0.1) is 29.6 Å². The number of thioether (sulfide) groups is 1. The van der Waals surface area contributed by atoms with Gasteiger partial charge in [0, 0.05) is 0 Å². The first kappa shape index (κ1) is 20.4. The fourth-order valence-corrected chi connectivity index (χ4v) is 3.76. The summed E-state index contributed by atoms with van der Waals surface area (Å²) in [4.78, 5) is 28.7. The number of esters is 1. The predicted octanol–water partition coefficient (Wildman–Crippen LogP) is 3.49. The van der Waals surface area contributed by atoms with Crippen molar-refractivity contribution in [3.8, 4) is 12.1 Å². The molecule has 0 aliphatic rings. The van der Waals surface area contributed by atoms with Crippen LogP contribution in [0.5, 0.6) is 0 Å². The Balaban J connectivity index is 2.19. The van der Waals surface area contributed by atoms with Crippen molar-refractivity contribution in [1.29, 1.82) is 10.5 Å². The molecule has 0 saturated carbocycles. The fourth-order valence-electron chi connectivity index (χ4n) is 2.10. The van der Waals surface area contributed by atoms with E-state index in [1.165, 1.54) is 17.4 Å². The number of thiophene rings is 1. The average molecular weight is 400 g/mol. The summed E-state index contributed by atoms with van der Waals surface area (Å²) in [6.45, 7) is 5.24. The van der Waals surface area contributed by atoms with Crippen molar-refractivity contribution in [3.63, 3.8) is 0 Å². The van der Waals surface area contributed by atoms with Crippen LogP contribution >= 0.6 is 23.1 Å². The van der Waals surface area contributed by atoms with E-state index in [4.69, 9.17) is 10.00 Å². The van der Waals surface area contributed by atoms with Crippen molar-refractivity contribution in [1.82, 2.24) is 4.98 Å². The van der Waals surface area contributed by atoms with Gasteiger partial charge in [-0.1, -0.05) is 11.8 Å². The van der Waals surface area contributed by atoms with Crippen molar-refractivity contribution < 1.29 is 14.3 Å². The number of aromatic nitrogens is 1. The van der Waals surface area contributed by atoms with E-state index in [-0.39, 0.29) is 23.6 Å². The van der Waals surface area contributed by atoms with Crippen LogP contribution in [-0.4, -0.2) is 28.7 Å². The molecule has 138 valence electrons. The third-order valence-electron chi connectivity index (χ3n) is 3.47. The van der Waals surface area contributed by atoms with Crippen LogP contribution in [0.25, 0.3) is 0 Å². The number of rotatable bonds is 6.